The van der Waals surface area contributed by atoms with Crippen molar-refractivity contribution in [1.29, 1.82) is 0 Å². The molecule has 0 heterocycles. The highest BCUT2D eigenvalue weighted by Gasteiger charge is 2.10. The number of para-hydroxylation sites is 1. The number of hydrogen-bond acceptors (Lipinski definition) is 2. The van der Waals surface area contributed by atoms with Gasteiger partial charge < -0.3 is 10.2 Å². The maximum atomic E-state index is 10.2. The molecule has 0 aliphatic carbocycles. The number of aromatic hydroxyl groups is 2. The fourth-order valence-electron chi connectivity index (χ4n) is 3.01. The van der Waals surface area contributed by atoms with E-state index >= 15 is 0 Å². The van der Waals surface area contributed by atoms with Crippen LogP contribution < -0.4 is 0 Å². The first-order valence-electron chi connectivity index (χ1n) is 8.79. The topological polar surface area (TPSA) is 40.5 Å². The van der Waals surface area contributed by atoms with Crippen LogP contribution in [0.25, 0.3) is 0 Å². The molecule has 2 nitrogen and oxygen atoms in total. The molecular formula is C21H28O2. The molecule has 2 N–H and O–H groups in total. The van der Waals surface area contributed by atoms with E-state index in [2.05, 4.69) is 13.0 Å². The highest BCUT2D eigenvalue weighted by atomic mass is 16.3. The highest BCUT2D eigenvalue weighted by Crippen LogP contribution is 2.28. The van der Waals surface area contributed by atoms with Gasteiger partial charge in [0.15, 0.2) is 0 Å². The van der Waals surface area contributed by atoms with Gasteiger partial charge in [-0.1, -0.05) is 69.4 Å². The predicted octanol–water partition coefficient (Wildman–Crippen LogP) is 5.59. The molecule has 0 aromatic heterocycles. The number of phenolic OH excluding ortho intramolecular Hbond substituents is 2. The molecule has 0 fully saturated rings. The van der Waals surface area contributed by atoms with Gasteiger partial charge in [0.05, 0.1) is 0 Å². The van der Waals surface area contributed by atoms with Crippen LogP contribution in [-0.4, -0.2) is 10.2 Å². The minimum absolute atomic E-state index is 0.293. The van der Waals surface area contributed by atoms with Gasteiger partial charge in [-0.3, -0.25) is 0 Å². The molecule has 124 valence electrons. The van der Waals surface area contributed by atoms with Gasteiger partial charge in [-0.15, -0.1) is 0 Å². The monoisotopic (exact) mass is 312 g/mol. The molecule has 0 saturated carbocycles. The smallest absolute Gasteiger partial charge is 0.119 e. The minimum atomic E-state index is 0.293. The lowest BCUT2D eigenvalue weighted by Crippen LogP contribution is -1.97. The molecule has 2 rings (SSSR count). The fraction of sp³-hybridized carbons (Fsp3) is 0.429. The van der Waals surface area contributed by atoms with E-state index < -0.39 is 0 Å². The Morgan fingerprint density at radius 2 is 1.35 bits per heavy atom. The van der Waals surface area contributed by atoms with Crippen LogP contribution in [0.15, 0.2) is 42.5 Å². The van der Waals surface area contributed by atoms with E-state index in [0.29, 0.717) is 17.9 Å². The molecule has 2 heteroatoms. The van der Waals surface area contributed by atoms with Gasteiger partial charge in [0, 0.05) is 12.0 Å². The minimum Gasteiger partial charge on any atom is -0.508 e. The van der Waals surface area contributed by atoms with Crippen molar-refractivity contribution >= 4 is 0 Å². The normalized spacial score (nSPS) is 10.8. The first-order valence-corrected chi connectivity index (χ1v) is 8.79. The molecule has 2 aromatic rings. The third kappa shape index (κ3) is 5.31. The third-order valence-corrected chi connectivity index (χ3v) is 4.41. The van der Waals surface area contributed by atoms with Crippen molar-refractivity contribution < 1.29 is 10.2 Å². The van der Waals surface area contributed by atoms with Crippen molar-refractivity contribution in [3.8, 4) is 11.5 Å². The average Bonchev–Trinajstić information content (AvgIpc) is 2.55. The van der Waals surface area contributed by atoms with Crippen molar-refractivity contribution in [3.63, 3.8) is 0 Å². The summed E-state index contributed by atoms with van der Waals surface area (Å²) in [5.41, 5.74) is 3.00. The molecule has 0 aliphatic heterocycles. The van der Waals surface area contributed by atoms with E-state index in [-0.39, 0.29) is 0 Å². The Bertz CT molecular complexity index is 605. The quantitative estimate of drug-likeness (QED) is 0.592. The van der Waals surface area contributed by atoms with Crippen LogP contribution in [-0.2, 0) is 12.8 Å². The first kappa shape index (κ1) is 17.4. The van der Waals surface area contributed by atoms with Crippen LogP contribution in [0, 0.1) is 0 Å². The van der Waals surface area contributed by atoms with E-state index in [1.807, 2.05) is 24.3 Å². The molecule has 2 aromatic carbocycles. The maximum Gasteiger partial charge on any atom is 0.119 e. The lowest BCUT2D eigenvalue weighted by atomic mass is 9.94. The zero-order valence-electron chi connectivity index (χ0n) is 14.1. The zero-order valence-corrected chi connectivity index (χ0v) is 14.1. The van der Waals surface area contributed by atoms with Crippen LogP contribution in [0.3, 0.4) is 0 Å². The number of unbranched alkanes of at least 4 members (excludes halogenated alkanes) is 5. The number of benzene rings is 2. The number of aryl methyl sites for hydroxylation is 1. The molecule has 0 saturated heterocycles. The van der Waals surface area contributed by atoms with Crippen molar-refractivity contribution in [2.75, 3.05) is 0 Å². The van der Waals surface area contributed by atoms with Crippen LogP contribution in [0.1, 0.15) is 62.1 Å². The second-order valence-corrected chi connectivity index (χ2v) is 6.24. The van der Waals surface area contributed by atoms with Gasteiger partial charge in [0.1, 0.15) is 11.5 Å². The van der Waals surface area contributed by atoms with Gasteiger partial charge in [-0.25, -0.2) is 0 Å². The molecule has 0 aliphatic rings. The van der Waals surface area contributed by atoms with Crippen LogP contribution in [0.4, 0.5) is 0 Å². The molecule has 0 spiro atoms. The Balaban J connectivity index is 2.00. The largest absolute Gasteiger partial charge is 0.508 e. The maximum absolute atomic E-state index is 10.2. The Kier molecular flexibility index (Phi) is 6.99. The van der Waals surface area contributed by atoms with Crippen molar-refractivity contribution in [1.82, 2.24) is 0 Å². The van der Waals surface area contributed by atoms with Crippen LogP contribution in [0.2, 0.25) is 0 Å². The fourth-order valence-corrected chi connectivity index (χ4v) is 3.01. The number of hydrogen-bond donors (Lipinski definition) is 2. The zero-order chi connectivity index (χ0) is 16.5. The molecular weight excluding hydrogens is 284 g/mol. The lowest BCUT2D eigenvalue weighted by molar-refractivity contribution is 0.462. The van der Waals surface area contributed by atoms with Gasteiger partial charge in [-0.05, 0) is 36.1 Å². The summed E-state index contributed by atoms with van der Waals surface area (Å²) in [6.07, 6.45) is 9.17. The van der Waals surface area contributed by atoms with Gasteiger partial charge in [0.25, 0.3) is 0 Å². The highest BCUT2D eigenvalue weighted by molar-refractivity contribution is 5.45. The summed E-state index contributed by atoms with van der Waals surface area (Å²) in [4.78, 5) is 0. The SMILES string of the molecule is CCCCCCCCc1cccc(O)c1Cc1ccccc1O. The summed E-state index contributed by atoms with van der Waals surface area (Å²) < 4.78 is 0. The average molecular weight is 312 g/mol. The molecule has 0 bridgehead atoms. The Hall–Kier alpha value is -1.96. The summed E-state index contributed by atoms with van der Waals surface area (Å²) in [7, 11) is 0. The van der Waals surface area contributed by atoms with Crippen LogP contribution in [0.5, 0.6) is 11.5 Å². The summed E-state index contributed by atoms with van der Waals surface area (Å²) >= 11 is 0. The van der Waals surface area contributed by atoms with Crippen molar-refractivity contribution in [2.45, 2.75) is 58.3 Å². The molecule has 23 heavy (non-hydrogen) atoms. The van der Waals surface area contributed by atoms with Gasteiger partial charge >= 0.3 is 0 Å². The molecule has 0 radical (unpaired) electrons. The summed E-state index contributed by atoms with van der Waals surface area (Å²) in [6.45, 7) is 2.23. The van der Waals surface area contributed by atoms with E-state index in [4.69, 9.17) is 0 Å². The second kappa shape index (κ2) is 9.24. The molecule has 0 amide bonds. The molecule has 0 unspecified atom stereocenters. The third-order valence-electron chi connectivity index (χ3n) is 4.41. The Labute approximate surface area is 139 Å². The summed E-state index contributed by atoms with van der Waals surface area (Å²) in [5, 5.41) is 20.2. The second-order valence-electron chi connectivity index (χ2n) is 6.24. The van der Waals surface area contributed by atoms with Crippen molar-refractivity contribution in [3.05, 3.63) is 59.2 Å². The van der Waals surface area contributed by atoms with E-state index in [9.17, 15) is 10.2 Å². The van der Waals surface area contributed by atoms with E-state index in [1.54, 1.807) is 12.1 Å². The number of rotatable bonds is 9. The van der Waals surface area contributed by atoms with E-state index in [0.717, 1.165) is 24.0 Å². The summed E-state index contributed by atoms with van der Waals surface area (Å²) in [6, 6.07) is 13.1. The molecule has 0 atom stereocenters. The van der Waals surface area contributed by atoms with E-state index in [1.165, 1.54) is 37.7 Å². The Morgan fingerprint density at radius 1 is 0.696 bits per heavy atom. The number of phenols is 2. The van der Waals surface area contributed by atoms with Crippen molar-refractivity contribution in [2.24, 2.45) is 0 Å². The van der Waals surface area contributed by atoms with Crippen LogP contribution >= 0.6 is 0 Å². The predicted molar refractivity (Wildman–Crippen MR) is 96.1 cm³/mol. The standard InChI is InChI=1S/C21H28O2/c1-2-3-4-5-6-7-11-17-13-10-15-21(23)19(17)16-18-12-8-9-14-20(18)22/h8-10,12-15,22-23H,2-7,11,16H2,1H3. The van der Waals surface area contributed by atoms with Gasteiger partial charge in [0.2, 0.25) is 0 Å². The first-order chi connectivity index (χ1) is 11.2. The lowest BCUT2D eigenvalue weighted by Gasteiger charge is -2.12. The summed E-state index contributed by atoms with van der Waals surface area (Å²) in [5.74, 6) is 0.623. The Morgan fingerprint density at radius 3 is 2.13 bits per heavy atom. The van der Waals surface area contributed by atoms with Gasteiger partial charge in [-0.2, -0.15) is 0 Å².